The summed E-state index contributed by atoms with van der Waals surface area (Å²) >= 11 is 1.80. The second kappa shape index (κ2) is 7.57. The van der Waals surface area contributed by atoms with Gasteiger partial charge < -0.3 is 10.2 Å². The van der Waals surface area contributed by atoms with Crippen LogP contribution in [0.2, 0.25) is 0 Å². The topological polar surface area (TPSA) is 28.2 Å². The average Bonchev–Trinajstić information content (AvgIpc) is 3.00. The third-order valence-corrected chi connectivity index (χ3v) is 4.65. The third-order valence-electron chi connectivity index (χ3n) is 3.61. The molecule has 0 aliphatic heterocycles. The Morgan fingerprint density at radius 2 is 2.05 bits per heavy atom. The Bertz CT molecular complexity index is 537. The van der Waals surface area contributed by atoms with Crippen LogP contribution in [0, 0.1) is 5.92 Å². The Labute approximate surface area is 132 Å². The van der Waals surface area contributed by atoms with E-state index in [0.717, 1.165) is 18.9 Å². The van der Waals surface area contributed by atoms with Crippen LogP contribution in [0.25, 0.3) is 0 Å². The van der Waals surface area contributed by atoms with Crippen LogP contribution in [0.3, 0.4) is 0 Å². The number of nitrogens with zero attached hydrogens (tertiary/aromatic N) is 2. The summed E-state index contributed by atoms with van der Waals surface area (Å²) in [6.07, 6.45) is 1.87. The van der Waals surface area contributed by atoms with Gasteiger partial charge in [-0.3, -0.25) is 0 Å². The van der Waals surface area contributed by atoms with Crippen LogP contribution in [0.1, 0.15) is 37.3 Å². The molecule has 2 aromatic heterocycles. The van der Waals surface area contributed by atoms with Crippen molar-refractivity contribution in [2.45, 2.75) is 33.4 Å². The number of thiophene rings is 1. The number of hydrogen-bond acceptors (Lipinski definition) is 4. The molecule has 0 aliphatic rings. The van der Waals surface area contributed by atoms with Crippen molar-refractivity contribution in [3.63, 3.8) is 0 Å². The molecule has 2 heterocycles. The van der Waals surface area contributed by atoms with Gasteiger partial charge in [0.05, 0.1) is 6.04 Å². The molecule has 0 saturated carbocycles. The highest BCUT2D eigenvalue weighted by atomic mass is 32.1. The van der Waals surface area contributed by atoms with E-state index in [1.807, 2.05) is 12.3 Å². The van der Waals surface area contributed by atoms with E-state index in [2.05, 4.69) is 66.6 Å². The largest absolute Gasteiger partial charge is 0.352 e. The minimum absolute atomic E-state index is 0.337. The lowest BCUT2D eigenvalue weighted by molar-refractivity contribution is 0.551. The van der Waals surface area contributed by atoms with Crippen LogP contribution >= 0.6 is 11.3 Å². The zero-order valence-corrected chi connectivity index (χ0v) is 14.2. The van der Waals surface area contributed by atoms with E-state index >= 15 is 0 Å². The third kappa shape index (κ3) is 4.29. The number of hydrogen-bond donors (Lipinski definition) is 1. The summed E-state index contributed by atoms with van der Waals surface area (Å²) < 4.78 is 0. The monoisotopic (exact) mass is 303 g/mol. The highest BCUT2D eigenvalue weighted by molar-refractivity contribution is 7.10. The summed E-state index contributed by atoms with van der Waals surface area (Å²) in [7, 11) is 2.12. The summed E-state index contributed by atoms with van der Waals surface area (Å²) in [5.41, 5.74) is 1.25. The highest BCUT2D eigenvalue weighted by Crippen LogP contribution is 2.28. The fourth-order valence-corrected chi connectivity index (χ4v) is 3.11. The van der Waals surface area contributed by atoms with Crippen molar-refractivity contribution in [1.29, 1.82) is 0 Å². The zero-order valence-electron chi connectivity index (χ0n) is 13.3. The van der Waals surface area contributed by atoms with Gasteiger partial charge in [-0.2, -0.15) is 0 Å². The summed E-state index contributed by atoms with van der Waals surface area (Å²) in [6.45, 7) is 8.57. The van der Waals surface area contributed by atoms with Crippen LogP contribution < -0.4 is 10.2 Å². The Morgan fingerprint density at radius 3 is 2.71 bits per heavy atom. The molecule has 0 bridgehead atoms. The van der Waals surface area contributed by atoms with E-state index in [1.54, 1.807) is 11.3 Å². The molecule has 0 aromatic carbocycles. The molecule has 1 unspecified atom stereocenters. The van der Waals surface area contributed by atoms with E-state index in [9.17, 15) is 0 Å². The van der Waals surface area contributed by atoms with Gasteiger partial charge in [0.1, 0.15) is 5.82 Å². The first-order valence-electron chi connectivity index (χ1n) is 7.50. The first-order valence-corrected chi connectivity index (χ1v) is 8.38. The molecule has 1 N–H and O–H groups in total. The smallest absolute Gasteiger partial charge is 0.133 e. The van der Waals surface area contributed by atoms with E-state index in [-0.39, 0.29) is 0 Å². The van der Waals surface area contributed by atoms with Gasteiger partial charge in [-0.05, 0) is 36.9 Å². The maximum atomic E-state index is 4.60. The minimum Gasteiger partial charge on any atom is -0.352 e. The van der Waals surface area contributed by atoms with Gasteiger partial charge in [-0.25, -0.2) is 4.98 Å². The molecular formula is C17H25N3S. The normalized spacial score (nSPS) is 12.6. The predicted octanol–water partition coefficient (Wildman–Crippen LogP) is 4.09. The molecular weight excluding hydrogens is 278 g/mol. The van der Waals surface area contributed by atoms with Gasteiger partial charge in [0.2, 0.25) is 0 Å². The van der Waals surface area contributed by atoms with Crippen molar-refractivity contribution >= 4 is 17.2 Å². The number of pyridine rings is 1. The molecule has 21 heavy (non-hydrogen) atoms. The lowest BCUT2D eigenvalue weighted by Crippen LogP contribution is -2.25. The van der Waals surface area contributed by atoms with E-state index in [0.29, 0.717) is 12.0 Å². The second-order valence-corrected chi connectivity index (χ2v) is 6.79. The molecule has 0 fully saturated rings. The van der Waals surface area contributed by atoms with Crippen molar-refractivity contribution in [1.82, 2.24) is 10.3 Å². The summed E-state index contributed by atoms with van der Waals surface area (Å²) in [5.74, 6) is 1.72. The zero-order chi connectivity index (χ0) is 15.2. The SMILES string of the molecule is CC(C)CNCc1cccnc1N(C)C(C)c1cccs1. The molecule has 1 atom stereocenters. The number of rotatable bonds is 7. The maximum absolute atomic E-state index is 4.60. The van der Waals surface area contributed by atoms with Crippen LogP contribution in [-0.4, -0.2) is 18.6 Å². The predicted molar refractivity (Wildman–Crippen MR) is 91.9 cm³/mol. The van der Waals surface area contributed by atoms with E-state index < -0.39 is 0 Å². The molecule has 3 nitrogen and oxygen atoms in total. The van der Waals surface area contributed by atoms with Crippen molar-refractivity contribution in [3.8, 4) is 0 Å². The summed E-state index contributed by atoms with van der Waals surface area (Å²) in [4.78, 5) is 8.23. The molecule has 0 radical (unpaired) electrons. The average molecular weight is 303 g/mol. The van der Waals surface area contributed by atoms with Gasteiger partial charge in [0.15, 0.2) is 0 Å². The van der Waals surface area contributed by atoms with Crippen molar-refractivity contribution in [2.24, 2.45) is 5.92 Å². The van der Waals surface area contributed by atoms with Crippen LogP contribution in [0.4, 0.5) is 5.82 Å². The lowest BCUT2D eigenvalue weighted by Gasteiger charge is -2.27. The number of anilines is 1. The van der Waals surface area contributed by atoms with Gasteiger partial charge in [0.25, 0.3) is 0 Å². The van der Waals surface area contributed by atoms with E-state index in [1.165, 1.54) is 10.4 Å². The minimum atomic E-state index is 0.337. The summed E-state index contributed by atoms with van der Waals surface area (Å²) in [6, 6.07) is 8.80. The maximum Gasteiger partial charge on any atom is 0.133 e. The van der Waals surface area contributed by atoms with Gasteiger partial charge >= 0.3 is 0 Å². The van der Waals surface area contributed by atoms with Gasteiger partial charge in [0, 0.05) is 30.2 Å². The Balaban J connectivity index is 2.11. The van der Waals surface area contributed by atoms with Crippen molar-refractivity contribution in [3.05, 3.63) is 46.3 Å². The van der Waals surface area contributed by atoms with Crippen LogP contribution in [0.15, 0.2) is 35.8 Å². The summed E-state index contributed by atoms with van der Waals surface area (Å²) in [5, 5.41) is 5.63. The Kier molecular flexibility index (Phi) is 5.76. The van der Waals surface area contributed by atoms with Crippen LogP contribution in [-0.2, 0) is 6.54 Å². The van der Waals surface area contributed by atoms with E-state index in [4.69, 9.17) is 0 Å². The van der Waals surface area contributed by atoms with Crippen LogP contribution in [0.5, 0.6) is 0 Å². The highest BCUT2D eigenvalue weighted by Gasteiger charge is 2.16. The molecule has 0 spiro atoms. The standard InChI is InChI=1S/C17H25N3S/c1-13(2)11-18-12-15-7-5-9-19-17(15)20(4)14(3)16-8-6-10-21-16/h5-10,13-14,18H,11-12H2,1-4H3. The van der Waals surface area contributed by atoms with Crippen molar-refractivity contribution < 1.29 is 0 Å². The molecule has 0 amide bonds. The quantitative estimate of drug-likeness (QED) is 0.835. The molecule has 2 aromatic rings. The molecule has 2 rings (SSSR count). The molecule has 114 valence electrons. The Hall–Kier alpha value is -1.39. The second-order valence-electron chi connectivity index (χ2n) is 5.81. The molecule has 4 heteroatoms. The number of nitrogens with one attached hydrogen (secondary N) is 1. The number of aromatic nitrogens is 1. The van der Waals surface area contributed by atoms with Crippen molar-refractivity contribution in [2.75, 3.05) is 18.5 Å². The Morgan fingerprint density at radius 1 is 1.24 bits per heavy atom. The fourth-order valence-electron chi connectivity index (χ4n) is 2.28. The van der Waals surface area contributed by atoms with Gasteiger partial charge in [-0.15, -0.1) is 11.3 Å². The first-order chi connectivity index (χ1) is 10.1. The molecule has 0 aliphatic carbocycles. The fraction of sp³-hybridized carbons (Fsp3) is 0.471. The molecule has 0 saturated heterocycles. The lowest BCUT2D eigenvalue weighted by atomic mass is 10.2. The van der Waals surface area contributed by atoms with Gasteiger partial charge in [-0.1, -0.05) is 26.0 Å². The first kappa shape index (κ1) is 16.0.